The Balaban J connectivity index is 2.53. The minimum absolute atomic E-state index is 0.677. The maximum atomic E-state index is 5.32. The molecule has 1 heterocycles. The first-order chi connectivity index (χ1) is 8.33. The third-order valence-corrected chi connectivity index (χ3v) is 2.94. The largest absolute Gasteiger partial charge is 0.383 e. The highest BCUT2D eigenvalue weighted by molar-refractivity contribution is 9.08. The number of hydrogen-bond acceptors (Lipinski definition) is 4. The highest BCUT2D eigenvalue weighted by Gasteiger charge is 2.10. The van der Waals surface area contributed by atoms with E-state index in [-0.39, 0.29) is 0 Å². The zero-order valence-electron chi connectivity index (χ0n) is 10.5. The molecule has 0 aliphatic heterocycles. The summed E-state index contributed by atoms with van der Waals surface area (Å²) >= 11 is 3.42. The summed E-state index contributed by atoms with van der Waals surface area (Å²) in [5, 5.41) is 9.08. The second-order valence-electron chi connectivity index (χ2n) is 3.61. The Morgan fingerprint density at radius 3 is 2.65 bits per heavy atom. The highest BCUT2D eigenvalue weighted by Crippen LogP contribution is 2.08. The Labute approximate surface area is 111 Å². The number of hydrogen-bond donors (Lipinski definition) is 0. The molecule has 0 aromatic carbocycles. The van der Waals surface area contributed by atoms with E-state index < -0.39 is 0 Å². The van der Waals surface area contributed by atoms with Crippen LogP contribution in [0.4, 0.5) is 0 Å². The summed E-state index contributed by atoms with van der Waals surface area (Å²) in [4.78, 5) is 0. The average Bonchev–Trinajstić information content (AvgIpc) is 2.74. The van der Waals surface area contributed by atoms with Crippen molar-refractivity contribution in [3.05, 3.63) is 11.6 Å². The lowest BCUT2D eigenvalue weighted by Crippen LogP contribution is -2.11. The number of alkyl halides is 1. The number of rotatable bonds is 9. The molecule has 0 N–H and O–H groups in total. The maximum Gasteiger partial charge on any atom is 0.143 e. The zero-order chi connectivity index (χ0) is 12.5. The Morgan fingerprint density at radius 2 is 2.00 bits per heavy atom. The molecule has 5 nitrogen and oxygen atoms in total. The third kappa shape index (κ3) is 4.73. The van der Waals surface area contributed by atoms with Gasteiger partial charge in [-0.1, -0.05) is 15.9 Å². The second kappa shape index (κ2) is 8.60. The molecule has 6 heteroatoms. The highest BCUT2D eigenvalue weighted by atomic mass is 79.9. The molecule has 0 fully saturated rings. The predicted molar refractivity (Wildman–Crippen MR) is 69.3 cm³/mol. The van der Waals surface area contributed by atoms with Crippen molar-refractivity contribution in [3.8, 4) is 0 Å². The molecule has 0 bridgehead atoms. The molecule has 0 amide bonds. The smallest absolute Gasteiger partial charge is 0.143 e. The molecular formula is C11H20BrN3O2. The van der Waals surface area contributed by atoms with Gasteiger partial charge in [0.2, 0.25) is 0 Å². The Hall–Kier alpha value is -0.460. The first kappa shape index (κ1) is 14.6. The van der Waals surface area contributed by atoms with Crippen molar-refractivity contribution in [3.63, 3.8) is 0 Å². The molecule has 0 aliphatic rings. The summed E-state index contributed by atoms with van der Waals surface area (Å²) in [5.41, 5.74) is 0. The van der Waals surface area contributed by atoms with Crippen LogP contribution in [0.5, 0.6) is 0 Å². The van der Waals surface area contributed by atoms with Crippen molar-refractivity contribution >= 4 is 15.9 Å². The third-order valence-electron chi connectivity index (χ3n) is 2.44. The molecule has 1 rings (SSSR count). The van der Waals surface area contributed by atoms with Gasteiger partial charge < -0.3 is 14.0 Å². The first-order valence-corrected chi connectivity index (χ1v) is 6.99. The van der Waals surface area contributed by atoms with Crippen LogP contribution in [0.2, 0.25) is 0 Å². The van der Waals surface area contributed by atoms with Gasteiger partial charge in [0.1, 0.15) is 11.6 Å². The van der Waals surface area contributed by atoms with E-state index in [0.717, 1.165) is 49.6 Å². The van der Waals surface area contributed by atoms with E-state index in [1.165, 1.54) is 0 Å². The molecule has 1 aromatic rings. The number of halogens is 1. The van der Waals surface area contributed by atoms with Crippen LogP contribution in [0.15, 0.2) is 0 Å². The minimum Gasteiger partial charge on any atom is -0.383 e. The number of aryl methyl sites for hydroxylation is 1. The van der Waals surface area contributed by atoms with Gasteiger partial charge >= 0.3 is 0 Å². The van der Waals surface area contributed by atoms with E-state index in [9.17, 15) is 0 Å². The lowest BCUT2D eigenvalue weighted by atomic mass is 10.3. The van der Waals surface area contributed by atoms with Crippen molar-refractivity contribution in [2.24, 2.45) is 0 Å². The number of nitrogens with zero attached hydrogens (tertiary/aromatic N) is 3. The first-order valence-electron chi connectivity index (χ1n) is 5.87. The van der Waals surface area contributed by atoms with Crippen molar-refractivity contribution < 1.29 is 9.47 Å². The van der Waals surface area contributed by atoms with Gasteiger partial charge in [0.05, 0.1) is 11.9 Å². The SMILES string of the molecule is CCOCCCc1nnc(CBr)n1CCOC. The number of ether oxygens (including phenoxy) is 2. The fraction of sp³-hybridized carbons (Fsp3) is 0.818. The molecule has 0 radical (unpaired) electrons. The van der Waals surface area contributed by atoms with E-state index in [2.05, 4.69) is 30.7 Å². The molecule has 0 unspecified atom stereocenters. The van der Waals surface area contributed by atoms with Crippen molar-refractivity contribution in [1.82, 2.24) is 14.8 Å². The fourth-order valence-corrected chi connectivity index (χ4v) is 1.99. The predicted octanol–water partition coefficient (Wildman–Crippen LogP) is 1.79. The standard InChI is InChI=1S/C11H20BrN3O2/c1-3-17-7-4-5-10-13-14-11(9-12)15(10)6-8-16-2/h3-9H2,1-2H3. The van der Waals surface area contributed by atoms with E-state index in [1.807, 2.05) is 6.92 Å². The van der Waals surface area contributed by atoms with Crippen LogP contribution in [-0.2, 0) is 27.8 Å². The van der Waals surface area contributed by atoms with Gasteiger partial charge in [0, 0.05) is 33.3 Å². The van der Waals surface area contributed by atoms with Gasteiger partial charge in [-0.25, -0.2) is 0 Å². The lowest BCUT2D eigenvalue weighted by molar-refractivity contribution is 0.144. The Bertz CT molecular complexity index is 318. The summed E-state index contributed by atoms with van der Waals surface area (Å²) in [6, 6.07) is 0. The summed E-state index contributed by atoms with van der Waals surface area (Å²) in [6.07, 6.45) is 1.87. The van der Waals surface area contributed by atoms with Crippen molar-refractivity contribution in [1.29, 1.82) is 0 Å². The van der Waals surface area contributed by atoms with Gasteiger partial charge in [0.15, 0.2) is 0 Å². The quantitative estimate of drug-likeness (QED) is 0.515. The molecule has 0 saturated carbocycles. The summed E-state index contributed by atoms with van der Waals surface area (Å²) in [7, 11) is 1.70. The maximum absolute atomic E-state index is 5.32. The molecule has 98 valence electrons. The van der Waals surface area contributed by atoms with Gasteiger partial charge in [-0.2, -0.15) is 0 Å². The fourth-order valence-electron chi connectivity index (χ4n) is 1.57. The van der Waals surface area contributed by atoms with Gasteiger partial charge in [-0.15, -0.1) is 10.2 Å². The van der Waals surface area contributed by atoms with Crippen molar-refractivity contribution in [2.45, 2.75) is 31.6 Å². The van der Waals surface area contributed by atoms with E-state index in [1.54, 1.807) is 7.11 Å². The second-order valence-corrected chi connectivity index (χ2v) is 4.17. The normalized spacial score (nSPS) is 11.0. The van der Waals surface area contributed by atoms with Gasteiger partial charge in [0.25, 0.3) is 0 Å². The van der Waals surface area contributed by atoms with Crippen LogP contribution in [-0.4, -0.2) is 41.7 Å². The zero-order valence-corrected chi connectivity index (χ0v) is 12.1. The topological polar surface area (TPSA) is 49.2 Å². The van der Waals surface area contributed by atoms with Crippen LogP contribution < -0.4 is 0 Å². The summed E-state index contributed by atoms with van der Waals surface area (Å²) < 4.78 is 12.5. The molecule has 0 atom stereocenters. The molecular weight excluding hydrogens is 286 g/mol. The monoisotopic (exact) mass is 305 g/mol. The minimum atomic E-state index is 0.677. The number of aromatic nitrogens is 3. The molecule has 0 spiro atoms. The van der Waals surface area contributed by atoms with Crippen LogP contribution >= 0.6 is 15.9 Å². The Morgan fingerprint density at radius 1 is 1.24 bits per heavy atom. The van der Waals surface area contributed by atoms with E-state index in [4.69, 9.17) is 9.47 Å². The van der Waals surface area contributed by atoms with E-state index in [0.29, 0.717) is 6.61 Å². The molecule has 0 saturated heterocycles. The Kier molecular flexibility index (Phi) is 7.39. The van der Waals surface area contributed by atoms with Gasteiger partial charge in [-0.05, 0) is 13.3 Å². The molecule has 17 heavy (non-hydrogen) atoms. The molecule has 1 aromatic heterocycles. The van der Waals surface area contributed by atoms with Crippen LogP contribution in [0.3, 0.4) is 0 Å². The van der Waals surface area contributed by atoms with Crippen LogP contribution in [0, 0.1) is 0 Å². The van der Waals surface area contributed by atoms with E-state index >= 15 is 0 Å². The summed E-state index contributed by atoms with van der Waals surface area (Å²) in [5.74, 6) is 1.96. The van der Waals surface area contributed by atoms with Crippen LogP contribution in [0.25, 0.3) is 0 Å². The average molecular weight is 306 g/mol. The number of methoxy groups -OCH3 is 1. The summed E-state index contributed by atoms with van der Waals surface area (Å²) in [6.45, 7) is 5.02. The van der Waals surface area contributed by atoms with Crippen LogP contribution in [0.1, 0.15) is 25.0 Å². The van der Waals surface area contributed by atoms with Gasteiger partial charge in [-0.3, -0.25) is 0 Å². The van der Waals surface area contributed by atoms with Crippen molar-refractivity contribution in [2.75, 3.05) is 26.9 Å². The lowest BCUT2D eigenvalue weighted by Gasteiger charge is -2.08. The molecule has 0 aliphatic carbocycles.